The first-order chi connectivity index (χ1) is 11.0. The van der Waals surface area contributed by atoms with Crippen LogP contribution in [0.15, 0.2) is 0 Å². The maximum atomic E-state index is 12.4. The summed E-state index contributed by atoms with van der Waals surface area (Å²) in [5.74, 6) is -0.271. The Labute approximate surface area is 135 Å². The third kappa shape index (κ3) is 3.73. The van der Waals surface area contributed by atoms with Crippen molar-refractivity contribution in [3.63, 3.8) is 0 Å². The molecule has 2 aliphatic rings. The van der Waals surface area contributed by atoms with Crippen LogP contribution in [0.2, 0.25) is 0 Å². The van der Waals surface area contributed by atoms with Crippen LogP contribution in [-0.4, -0.2) is 74.2 Å². The lowest BCUT2D eigenvalue weighted by Gasteiger charge is -2.26. The van der Waals surface area contributed by atoms with Crippen molar-refractivity contribution >= 4 is 15.7 Å². The number of aromatic nitrogens is 2. The van der Waals surface area contributed by atoms with Crippen molar-refractivity contribution in [3.05, 3.63) is 17.0 Å². The van der Waals surface area contributed by atoms with E-state index < -0.39 is 9.84 Å². The fraction of sp³-hybridized carbons (Fsp3) is 0.714. The Morgan fingerprint density at radius 1 is 1.35 bits per heavy atom. The number of carbonyl (C=O) groups is 1. The number of nitrogens with one attached hydrogen (secondary N) is 1. The SMILES string of the molecule is Cn1nc(C(=O)NCCN2CCOCC2)c2c1CCS(=O)(=O)C2. The zero-order chi connectivity index (χ0) is 16.4. The minimum Gasteiger partial charge on any atom is -0.379 e. The van der Waals surface area contributed by atoms with Crippen molar-refractivity contribution in [2.24, 2.45) is 7.05 Å². The van der Waals surface area contributed by atoms with Gasteiger partial charge in [0.25, 0.3) is 5.91 Å². The average Bonchev–Trinajstić information content (AvgIpc) is 2.83. The van der Waals surface area contributed by atoms with Crippen molar-refractivity contribution in [3.8, 4) is 0 Å². The Morgan fingerprint density at radius 3 is 2.83 bits per heavy atom. The number of morpholine rings is 1. The molecule has 3 heterocycles. The van der Waals surface area contributed by atoms with Crippen LogP contribution in [0.4, 0.5) is 0 Å². The Bertz CT molecular complexity index is 692. The lowest BCUT2D eigenvalue weighted by atomic mass is 10.1. The van der Waals surface area contributed by atoms with Gasteiger partial charge in [-0.05, 0) is 0 Å². The summed E-state index contributed by atoms with van der Waals surface area (Å²) in [5, 5.41) is 7.07. The number of ether oxygens (including phenoxy) is 1. The van der Waals surface area contributed by atoms with Crippen LogP contribution in [0.25, 0.3) is 0 Å². The van der Waals surface area contributed by atoms with E-state index in [1.807, 2.05) is 0 Å². The Balaban J connectivity index is 1.63. The first-order valence-corrected chi connectivity index (χ1v) is 9.62. The van der Waals surface area contributed by atoms with Crippen LogP contribution >= 0.6 is 0 Å². The minimum absolute atomic E-state index is 0.0949. The van der Waals surface area contributed by atoms with Crippen molar-refractivity contribution < 1.29 is 17.9 Å². The summed E-state index contributed by atoms with van der Waals surface area (Å²) in [6.45, 7) is 4.44. The molecule has 1 aromatic heterocycles. The summed E-state index contributed by atoms with van der Waals surface area (Å²) in [6.07, 6.45) is 0.419. The van der Waals surface area contributed by atoms with Crippen molar-refractivity contribution in [2.75, 3.05) is 45.1 Å². The number of nitrogens with zero attached hydrogens (tertiary/aromatic N) is 3. The molecule has 3 rings (SSSR count). The zero-order valence-corrected chi connectivity index (χ0v) is 14.1. The summed E-state index contributed by atoms with van der Waals surface area (Å²) in [4.78, 5) is 14.6. The molecule has 1 fully saturated rings. The number of carbonyl (C=O) groups excluding carboxylic acids is 1. The van der Waals surface area contributed by atoms with Gasteiger partial charge in [-0.2, -0.15) is 5.10 Å². The smallest absolute Gasteiger partial charge is 0.272 e. The predicted octanol–water partition coefficient (Wildman–Crippen LogP) is -1.05. The molecule has 9 heteroatoms. The Morgan fingerprint density at radius 2 is 2.09 bits per heavy atom. The van der Waals surface area contributed by atoms with E-state index in [9.17, 15) is 13.2 Å². The molecule has 2 aliphatic heterocycles. The molecule has 0 saturated carbocycles. The monoisotopic (exact) mass is 342 g/mol. The van der Waals surface area contributed by atoms with E-state index in [1.165, 1.54) is 0 Å². The molecule has 0 bridgehead atoms. The van der Waals surface area contributed by atoms with E-state index in [2.05, 4.69) is 15.3 Å². The van der Waals surface area contributed by atoms with Gasteiger partial charge in [-0.3, -0.25) is 14.4 Å². The topological polar surface area (TPSA) is 93.5 Å². The molecule has 23 heavy (non-hydrogen) atoms. The Kier molecular flexibility index (Phi) is 4.69. The molecule has 1 N–H and O–H groups in total. The average molecular weight is 342 g/mol. The highest BCUT2D eigenvalue weighted by molar-refractivity contribution is 7.90. The van der Waals surface area contributed by atoms with E-state index >= 15 is 0 Å². The number of amides is 1. The van der Waals surface area contributed by atoms with Gasteiger partial charge in [-0.25, -0.2) is 8.42 Å². The number of hydrogen-bond acceptors (Lipinski definition) is 6. The van der Waals surface area contributed by atoms with Crippen LogP contribution in [-0.2, 0) is 33.8 Å². The third-order valence-electron chi connectivity index (χ3n) is 4.32. The zero-order valence-electron chi connectivity index (χ0n) is 13.2. The van der Waals surface area contributed by atoms with Crippen LogP contribution in [0.1, 0.15) is 21.7 Å². The highest BCUT2D eigenvalue weighted by Gasteiger charge is 2.30. The first-order valence-electron chi connectivity index (χ1n) is 7.80. The van der Waals surface area contributed by atoms with Crippen molar-refractivity contribution in [1.82, 2.24) is 20.0 Å². The highest BCUT2D eigenvalue weighted by atomic mass is 32.2. The quantitative estimate of drug-likeness (QED) is 0.751. The van der Waals surface area contributed by atoms with Crippen molar-refractivity contribution in [2.45, 2.75) is 12.2 Å². The number of fused-ring (bicyclic) bond motifs is 1. The number of hydrogen-bond donors (Lipinski definition) is 1. The molecule has 0 unspecified atom stereocenters. The highest BCUT2D eigenvalue weighted by Crippen LogP contribution is 2.23. The molecule has 128 valence electrons. The van der Waals surface area contributed by atoms with Crippen LogP contribution in [0.3, 0.4) is 0 Å². The maximum Gasteiger partial charge on any atom is 0.272 e. The summed E-state index contributed by atoms with van der Waals surface area (Å²) >= 11 is 0. The fourth-order valence-corrected chi connectivity index (χ4v) is 4.42. The molecule has 1 aromatic rings. The number of aryl methyl sites for hydroxylation is 1. The molecule has 8 nitrogen and oxygen atoms in total. The van der Waals surface area contributed by atoms with E-state index in [1.54, 1.807) is 11.7 Å². The first kappa shape index (κ1) is 16.4. The summed E-state index contributed by atoms with van der Waals surface area (Å²) < 4.78 is 30.6. The van der Waals surface area contributed by atoms with E-state index in [4.69, 9.17) is 4.74 Å². The lowest BCUT2D eigenvalue weighted by Crippen LogP contribution is -2.41. The summed E-state index contributed by atoms with van der Waals surface area (Å²) in [5.41, 5.74) is 1.65. The molecule has 0 aromatic carbocycles. The van der Waals surface area contributed by atoms with Gasteiger partial charge in [-0.1, -0.05) is 0 Å². The third-order valence-corrected chi connectivity index (χ3v) is 5.88. The van der Waals surface area contributed by atoms with Gasteiger partial charge in [0.2, 0.25) is 0 Å². The molecule has 0 spiro atoms. The number of sulfone groups is 1. The second kappa shape index (κ2) is 6.58. The van der Waals surface area contributed by atoms with Gasteiger partial charge in [0.15, 0.2) is 15.5 Å². The molecule has 0 radical (unpaired) electrons. The molecule has 0 aliphatic carbocycles. The van der Waals surface area contributed by atoms with E-state index in [-0.39, 0.29) is 23.1 Å². The Hall–Kier alpha value is -1.45. The van der Waals surface area contributed by atoms with Gasteiger partial charge in [0.1, 0.15) is 0 Å². The minimum atomic E-state index is -3.13. The predicted molar refractivity (Wildman–Crippen MR) is 84.0 cm³/mol. The fourth-order valence-electron chi connectivity index (χ4n) is 3.03. The summed E-state index contributed by atoms with van der Waals surface area (Å²) in [6, 6.07) is 0. The molecule has 0 atom stereocenters. The maximum absolute atomic E-state index is 12.4. The van der Waals surface area contributed by atoms with Crippen LogP contribution < -0.4 is 5.32 Å². The normalized spacial score (nSPS) is 20.9. The largest absolute Gasteiger partial charge is 0.379 e. The molecule has 1 amide bonds. The second-order valence-electron chi connectivity index (χ2n) is 5.95. The van der Waals surface area contributed by atoms with Crippen LogP contribution in [0, 0.1) is 0 Å². The standard InChI is InChI=1S/C14H22N4O4S/c1-17-12-2-9-23(20,21)10-11(12)13(16-17)14(19)15-3-4-18-5-7-22-8-6-18/h2-10H2,1H3,(H,15,19). The van der Waals surface area contributed by atoms with Gasteiger partial charge < -0.3 is 10.1 Å². The van der Waals surface area contributed by atoms with Crippen LogP contribution in [0.5, 0.6) is 0 Å². The molecular formula is C14H22N4O4S. The summed E-state index contributed by atoms with van der Waals surface area (Å²) in [7, 11) is -1.38. The van der Waals surface area contributed by atoms with Gasteiger partial charge in [-0.15, -0.1) is 0 Å². The molecular weight excluding hydrogens is 320 g/mol. The van der Waals surface area contributed by atoms with E-state index in [0.29, 0.717) is 18.5 Å². The van der Waals surface area contributed by atoms with Gasteiger partial charge >= 0.3 is 0 Å². The van der Waals surface area contributed by atoms with Gasteiger partial charge in [0.05, 0.1) is 24.7 Å². The van der Waals surface area contributed by atoms with Crippen molar-refractivity contribution in [1.29, 1.82) is 0 Å². The number of rotatable bonds is 4. The van der Waals surface area contributed by atoms with Gasteiger partial charge in [0, 0.05) is 50.9 Å². The second-order valence-corrected chi connectivity index (χ2v) is 8.13. The van der Waals surface area contributed by atoms with E-state index in [0.717, 1.165) is 38.5 Å². The molecule has 1 saturated heterocycles. The lowest BCUT2D eigenvalue weighted by molar-refractivity contribution is 0.0383.